The minimum absolute atomic E-state index is 0.0457. The van der Waals surface area contributed by atoms with Crippen LogP contribution in [0.3, 0.4) is 0 Å². The number of carbonyl (C=O) groups is 1. The fourth-order valence-corrected chi connectivity index (χ4v) is 4.31. The number of hydrogen-bond donors (Lipinski definition) is 1. The number of likely N-dealkylation sites (tertiary alicyclic amines) is 1. The van der Waals surface area contributed by atoms with Gasteiger partial charge in [0.2, 0.25) is 0 Å². The molecular formula is C20H27N5O3. The van der Waals surface area contributed by atoms with Crippen LogP contribution in [0, 0.1) is 0 Å². The minimum Gasteiger partial charge on any atom is -0.497 e. The molecule has 1 aromatic carbocycles. The summed E-state index contributed by atoms with van der Waals surface area (Å²) in [4.78, 5) is 14.9. The Morgan fingerprint density at radius 3 is 2.46 bits per heavy atom. The summed E-state index contributed by atoms with van der Waals surface area (Å²) >= 11 is 0. The molecule has 2 fully saturated rings. The van der Waals surface area contributed by atoms with E-state index in [9.17, 15) is 4.79 Å². The van der Waals surface area contributed by atoms with E-state index in [2.05, 4.69) is 20.1 Å². The van der Waals surface area contributed by atoms with Crippen molar-refractivity contribution >= 4 is 11.7 Å². The Bertz CT molecular complexity index is 809. The molecule has 8 nitrogen and oxygen atoms in total. The van der Waals surface area contributed by atoms with Crippen LogP contribution in [-0.2, 0) is 0 Å². The highest BCUT2D eigenvalue weighted by Crippen LogP contribution is 2.36. The van der Waals surface area contributed by atoms with Crippen LogP contribution in [0.2, 0.25) is 0 Å². The lowest BCUT2D eigenvalue weighted by atomic mass is 10.1. The Kier molecular flexibility index (Phi) is 5.36. The SMILES string of the molecule is COc1cc(NC(=O)N2CCCC2c2nncn2C2CCCC2)cc(OC)c1. The summed E-state index contributed by atoms with van der Waals surface area (Å²) in [6.07, 6.45) is 8.49. The Morgan fingerprint density at radius 2 is 1.79 bits per heavy atom. The zero-order valence-electron chi connectivity index (χ0n) is 16.4. The predicted octanol–water partition coefficient (Wildman–Crippen LogP) is 3.78. The lowest BCUT2D eigenvalue weighted by Gasteiger charge is -2.26. The molecule has 0 spiro atoms. The summed E-state index contributed by atoms with van der Waals surface area (Å²) in [5.41, 5.74) is 0.643. The molecule has 2 aliphatic rings. The first-order valence-electron chi connectivity index (χ1n) is 9.89. The van der Waals surface area contributed by atoms with E-state index in [4.69, 9.17) is 9.47 Å². The van der Waals surface area contributed by atoms with Gasteiger partial charge in [0.1, 0.15) is 17.8 Å². The Balaban J connectivity index is 1.53. The highest BCUT2D eigenvalue weighted by molar-refractivity contribution is 5.90. The van der Waals surface area contributed by atoms with Gasteiger partial charge in [0, 0.05) is 36.5 Å². The van der Waals surface area contributed by atoms with Crippen LogP contribution in [-0.4, -0.2) is 46.5 Å². The predicted molar refractivity (Wildman–Crippen MR) is 105 cm³/mol. The summed E-state index contributed by atoms with van der Waals surface area (Å²) in [6, 6.07) is 5.62. The Hall–Kier alpha value is -2.77. The molecule has 0 radical (unpaired) electrons. The lowest BCUT2D eigenvalue weighted by Crippen LogP contribution is -2.35. The van der Waals surface area contributed by atoms with Crippen molar-refractivity contribution in [2.75, 3.05) is 26.1 Å². The maximum absolute atomic E-state index is 13.0. The molecule has 1 atom stereocenters. The second-order valence-electron chi connectivity index (χ2n) is 7.42. The van der Waals surface area contributed by atoms with Gasteiger partial charge in [-0.1, -0.05) is 12.8 Å². The zero-order chi connectivity index (χ0) is 19.5. The van der Waals surface area contributed by atoms with Gasteiger partial charge in [0.25, 0.3) is 0 Å². The Morgan fingerprint density at radius 1 is 1.07 bits per heavy atom. The molecule has 2 amide bonds. The molecule has 8 heteroatoms. The summed E-state index contributed by atoms with van der Waals surface area (Å²) in [7, 11) is 3.18. The van der Waals surface area contributed by atoms with Crippen molar-refractivity contribution in [3.63, 3.8) is 0 Å². The highest BCUT2D eigenvalue weighted by atomic mass is 16.5. The van der Waals surface area contributed by atoms with E-state index in [1.54, 1.807) is 32.4 Å². The molecule has 1 N–H and O–H groups in total. The van der Waals surface area contributed by atoms with Crippen LogP contribution in [0.25, 0.3) is 0 Å². The molecule has 1 saturated heterocycles. The summed E-state index contributed by atoms with van der Waals surface area (Å²) in [6.45, 7) is 0.704. The molecule has 1 saturated carbocycles. The number of hydrogen-bond acceptors (Lipinski definition) is 5. The van der Waals surface area contributed by atoms with Crippen molar-refractivity contribution in [1.82, 2.24) is 19.7 Å². The molecule has 28 heavy (non-hydrogen) atoms. The van der Waals surface area contributed by atoms with Crippen molar-refractivity contribution < 1.29 is 14.3 Å². The fourth-order valence-electron chi connectivity index (χ4n) is 4.31. The topological polar surface area (TPSA) is 81.5 Å². The molecule has 0 bridgehead atoms. The van der Waals surface area contributed by atoms with Crippen molar-refractivity contribution in [3.8, 4) is 11.5 Å². The van der Waals surface area contributed by atoms with E-state index in [1.165, 1.54) is 12.8 Å². The number of nitrogens with zero attached hydrogens (tertiary/aromatic N) is 4. The monoisotopic (exact) mass is 385 g/mol. The number of rotatable bonds is 5. The second-order valence-corrected chi connectivity index (χ2v) is 7.42. The third-order valence-corrected chi connectivity index (χ3v) is 5.73. The normalized spacial score (nSPS) is 19.8. The van der Waals surface area contributed by atoms with Crippen LogP contribution in [0.4, 0.5) is 10.5 Å². The quantitative estimate of drug-likeness (QED) is 0.847. The van der Waals surface area contributed by atoms with Crippen molar-refractivity contribution in [1.29, 1.82) is 0 Å². The average Bonchev–Trinajstić information content (AvgIpc) is 3.47. The van der Waals surface area contributed by atoms with Gasteiger partial charge < -0.3 is 24.3 Å². The van der Waals surface area contributed by atoms with Crippen molar-refractivity contribution in [2.24, 2.45) is 0 Å². The molecule has 1 aromatic heterocycles. The maximum atomic E-state index is 13.0. The molecule has 1 unspecified atom stereocenters. The third kappa shape index (κ3) is 3.63. The smallest absolute Gasteiger partial charge is 0.322 e. The first-order chi connectivity index (χ1) is 13.7. The molecule has 1 aliphatic heterocycles. The van der Waals surface area contributed by atoms with Gasteiger partial charge in [0.05, 0.1) is 20.3 Å². The van der Waals surface area contributed by atoms with E-state index in [-0.39, 0.29) is 12.1 Å². The Labute approximate surface area is 164 Å². The average molecular weight is 385 g/mol. The van der Waals surface area contributed by atoms with E-state index >= 15 is 0 Å². The number of amides is 2. The van der Waals surface area contributed by atoms with Gasteiger partial charge in [-0.2, -0.15) is 0 Å². The second kappa shape index (κ2) is 8.08. The highest BCUT2D eigenvalue weighted by Gasteiger charge is 2.35. The van der Waals surface area contributed by atoms with Gasteiger partial charge in [-0.25, -0.2) is 4.79 Å². The number of urea groups is 1. The molecule has 150 valence electrons. The van der Waals surface area contributed by atoms with Crippen molar-refractivity contribution in [3.05, 3.63) is 30.4 Å². The summed E-state index contributed by atoms with van der Waals surface area (Å²) in [5, 5.41) is 11.5. The minimum atomic E-state index is -0.140. The summed E-state index contributed by atoms with van der Waals surface area (Å²) in [5.74, 6) is 2.17. The zero-order valence-corrected chi connectivity index (χ0v) is 16.4. The number of aromatic nitrogens is 3. The van der Waals surface area contributed by atoms with Gasteiger partial charge in [-0.3, -0.25) is 0 Å². The third-order valence-electron chi connectivity index (χ3n) is 5.73. The first kappa shape index (κ1) is 18.6. The van der Waals surface area contributed by atoms with Gasteiger partial charge in [-0.05, 0) is 25.7 Å². The number of benzene rings is 1. The molecular weight excluding hydrogens is 358 g/mol. The first-order valence-corrected chi connectivity index (χ1v) is 9.89. The number of nitrogens with one attached hydrogen (secondary N) is 1. The van der Waals surface area contributed by atoms with Crippen LogP contribution in [0.1, 0.15) is 56.4 Å². The van der Waals surface area contributed by atoms with Gasteiger partial charge in [0.15, 0.2) is 5.82 Å². The molecule has 4 rings (SSSR count). The number of methoxy groups -OCH3 is 2. The van der Waals surface area contributed by atoms with Crippen LogP contribution < -0.4 is 14.8 Å². The van der Waals surface area contributed by atoms with Crippen LogP contribution >= 0.6 is 0 Å². The number of carbonyl (C=O) groups excluding carboxylic acids is 1. The maximum Gasteiger partial charge on any atom is 0.322 e. The largest absolute Gasteiger partial charge is 0.497 e. The van der Waals surface area contributed by atoms with E-state index in [0.29, 0.717) is 29.8 Å². The van der Waals surface area contributed by atoms with E-state index in [0.717, 1.165) is 31.5 Å². The molecule has 1 aliphatic carbocycles. The van der Waals surface area contributed by atoms with E-state index < -0.39 is 0 Å². The summed E-state index contributed by atoms with van der Waals surface area (Å²) < 4.78 is 12.8. The van der Waals surface area contributed by atoms with Gasteiger partial charge in [-0.15, -0.1) is 10.2 Å². The van der Waals surface area contributed by atoms with Crippen LogP contribution in [0.5, 0.6) is 11.5 Å². The lowest BCUT2D eigenvalue weighted by molar-refractivity contribution is 0.203. The molecule has 2 heterocycles. The number of anilines is 1. The fraction of sp³-hybridized carbons (Fsp3) is 0.550. The van der Waals surface area contributed by atoms with Gasteiger partial charge >= 0.3 is 6.03 Å². The number of ether oxygens (including phenoxy) is 2. The van der Waals surface area contributed by atoms with E-state index in [1.807, 2.05) is 11.2 Å². The molecule has 2 aromatic rings. The van der Waals surface area contributed by atoms with Crippen LogP contribution in [0.15, 0.2) is 24.5 Å². The standard InChI is InChI=1S/C20H27N5O3/c1-27-16-10-14(11-17(12-16)28-2)22-20(26)24-9-5-8-18(24)19-23-21-13-25(19)15-6-3-4-7-15/h10-13,15,18H,3-9H2,1-2H3,(H,22,26). The van der Waals surface area contributed by atoms with Crippen molar-refractivity contribution in [2.45, 2.75) is 50.6 Å².